The summed E-state index contributed by atoms with van der Waals surface area (Å²) in [5, 5.41) is 10.9. The van der Waals surface area contributed by atoms with Crippen LogP contribution in [0.15, 0.2) is 40.3 Å². The number of hydrogen-bond acceptors (Lipinski definition) is 4. The van der Waals surface area contributed by atoms with Crippen LogP contribution in [0, 0.1) is 11.8 Å². The first-order valence-corrected chi connectivity index (χ1v) is 7.59. The lowest BCUT2D eigenvalue weighted by atomic mass is 10.2. The van der Waals surface area contributed by atoms with Gasteiger partial charge in [0.2, 0.25) is 5.91 Å². The van der Waals surface area contributed by atoms with E-state index in [9.17, 15) is 9.59 Å². The molecule has 110 valence electrons. The van der Waals surface area contributed by atoms with Gasteiger partial charge >= 0.3 is 5.97 Å². The van der Waals surface area contributed by atoms with Crippen LogP contribution in [0.4, 0.5) is 0 Å². The van der Waals surface area contributed by atoms with E-state index in [4.69, 9.17) is 9.52 Å². The van der Waals surface area contributed by atoms with Crippen LogP contribution in [0.3, 0.4) is 0 Å². The zero-order valence-corrected chi connectivity index (χ0v) is 12.1. The molecule has 2 aromatic heterocycles. The fourth-order valence-corrected chi connectivity index (χ4v) is 3.09. The summed E-state index contributed by atoms with van der Waals surface area (Å²) >= 11 is 1.58. The quantitative estimate of drug-likeness (QED) is 0.890. The Balaban J connectivity index is 1.72. The summed E-state index contributed by atoms with van der Waals surface area (Å²) in [5.74, 6) is -1.21. The molecule has 0 aliphatic heterocycles. The Kier molecular flexibility index (Phi) is 3.79. The van der Waals surface area contributed by atoms with Crippen LogP contribution in [0.25, 0.3) is 0 Å². The van der Waals surface area contributed by atoms with Gasteiger partial charge in [0.1, 0.15) is 5.76 Å². The fraction of sp³-hybridized carbons (Fsp3) is 0.333. The Morgan fingerprint density at radius 3 is 2.71 bits per heavy atom. The summed E-state index contributed by atoms with van der Waals surface area (Å²) in [4.78, 5) is 26.2. The number of furan rings is 1. The molecule has 6 heteroatoms. The molecule has 0 bridgehead atoms. The Morgan fingerprint density at radius 1 is 1.29 bits per heavy atom. The first kappa shape index (κ1) is 13.9. The number of aliphatic carboxylic acids is 1. The molecule has 3 rings (SSSR count). The number of carboxylic acids is 1. The highest BCUT2D eigenvalue weighted by Crippen LogP contribution is 2.40. The number of carboxylic acid groups (broad SMARTS) is 1. The van der Waals surface area contributed by atoms with Crippen molar-refractivity contribution in [2.75, 3.05) is 0 Å². The number of carbonyl (C=O) groups excluding carboxylic acids is 1. The van der Waals surface area contributed by atoms with Crippen LogP contribution in [-0.4, -0.2) is 21.9 Å². The molecule has 5 nitrogen and oxygen atoms in total. The van der Waals surface area contributed by atoms with Crippen LogP contribution in [0.5, 0.6) is 0 Å². The molecular formula is C15H15NO4S. The molecule has 1 fully saturated rings. The molecule has 21 heavy (non-hydrogen) atoms. The van der Waals surface area contributed by atoms with Gasteiger partial charge in [-0.25, -0.2) is 0 Å². The zero-order chi connectivity index (χ0) is 14.8. The second-order valence-corrected chi connectivity index (χ2v) is 6.17. The molecule has 0 saturated heterocycles. The van der Waals surface area contributed by atoms with E-state index in [-0.39, 0.29) is 5.91 Å². The fourth-order valence-electron chi connectivity index (χ4n) is 2.37. The van der Waals surface area contributed by atoms with Crippen molar-refractivity contribution in [1.82, 2.24) is 4.90 Å². The number of thiophene rings is 1. The summed E-state index contributed by atoms with van der Waals surface area (Å²) < 4.78 is 5.30. The van der Waals surface area contributed by atoms with Crippen molar-refractivity contribution in [3.63, 3.8) is 0 Å². The highest BCUT2D eigenvalue weighted by molar-refractivity contribution is 7.09. The number of hydrogen-bond donors (Lipinski definition) is 1. The van der Waals surface area contributed by atoms with Gasteiger partial charge in [0, 0.05) is 4.88 Å². The van der Waals surface area contributed by atoms with Crippen LogP contribution >= 0.6 is 11.3 Å². The summed E-state index contributed by atoms with van der Waals surface area (Å²) in [6.45, 7) is 0.854. The molecule has 2 atom stereocenters. The normalized spacial score (nSPS) is 20.2. The Morgan fingerprint density at radius 2 is 2.14 bits per heavy atom. The second kappa shape index (κ2) is 5.73. The molecule has 1 aliphatic rings. The highest BCUT2D eigenvalue weighted by atomic mass is 32.1. The predicted molar refractivity (Wildman–Crippen MR) is 76.5 cm³/mol. The van der Waals surface area contributed by atoms with E-state index in [0.717, 1.165) is 4.88 Å². The minimum atomic E-state index is -0.887. The Labute approximate surface area is 125 Å². The first-order valence-electron chi connectivity index (χ1n) is 6.71. The number of nitrogens with zero attached hydrogens (tertiary/aromatic N) is 1. The number of carbonyl (C=O) groups is 2. The average molecular weight is 305 g/mol. The van der Waals surface area contributed by atoms with E-state index in [1.54, 1.807) is 28.6 Å². The molecule has 0 aromatic carbocycles. The smallest absolute Gasteiger partial charge is 0.307 e. The van der Waals surface area contributed by atoms with Crippen molar-refractivity contribution >= 4 is 23.2 Å². The topological polar surface area (TPSA) is 70.8 Å². The van der Waals surface area contributed by atoms with Crippen LogP contribution in [-0.2, 0) is 22.7 Å². The van der Waals surface area contributed by atoms with Gasteiger partial charge in [-0.1, -0.05) is 6.07 Å². The molecule has 0 unspecified atom stereocenters. The standard InChI is InChI=1S/C15H15NO4S/c17-14(12-7-13(12)15(18)19)16(8-10-3-1-5-20-10)9-11-4-2-6-21-11/h1-6,12-13H,7-9H2,(H,18,19)/t12-,13+/m1/s1. The lowest BCUT2D eigenvalue weighted by Gasteiger charge is -2.21. The van der Waals surface area contributed by atoms with Gasteiger partial charge in [0.15, 0.2) is 0 Å². The number of rotatable bonds is 6. The molecule has 1 amide bonds. The van der Waals surface area contributed by atoms with E-state index in [1.165, 1.54) is 0 Å². The molecular weight excluding hydrogens is 290 g/mol. The largest absolute Gasteiger partial charge is 0.481 e. The van der Waals surface area contributed by atoms with Gasteiger partial charge in [-0.2, -0.15) is 0 Å². The lowest BCUT2D eigenvalue weighted by Crippen LogP contribution is -2.32. The van der Waals surface area contributed by atoms with Crippen molar-refractivity contribution in [3.05, 3.63) is 46.5 Å². The zero-order valence-electron chi connectivity index (χ0n) is 11.3. The Hall–Kier alpha value is -2.08. The monoisotopic (exact) mass is 305 g/mol. The highest BCUT2D eigenvalue weighted by Gasteiger charge is 2.49. The van der Waals surface area contributed by atoms with E-state index in [2.05, 4.69) is 0 Å². The van der Waals surface area contributed by atoms with Crippen LogP contribution < -0.4 is 0 Å². The molecule has 2 aromatic rings. The second-order valence-electron chi connectivity index (χ2n) is 5.14. The predicted octanol–water partition coefficient (Wildman–Crippen LogP) is 2.59. The molecule has 0 spiro atoms. The number of amides is 1. The van der Waals surface area contributed by atoms with E-state index < -0.39 is 17.8 Å². The van der Waals surface area contributed by atoms with Crippen molar-refractivity contribution in [2.45, 2.75) is 19.5 Å². The van der Waals surface area contributed by atoms with E-state index in [0.29, 0.717) is 25.3 Å². The van der Waals surface area contributed by atoms with Crippen molar-refractivity contribution in [2.24, 2.45) is 11.8 Å². The maximum Gasteiger partial charge on any atom is 0.307 e. The van der Waals surface area contributed by atoms with Crippen LogP contribution in [0.2, 0.25) is 0 Å². The third kappa shape index (κ3) is 3.16. The molecule has 1 saturated carbocycles. The van der Waals surface area contributed by atoms with Crippen molar-refractivity contribution in [3.8, 4) is 0 Å². The lowest BCUT2D eigenvalue weighted by molar-refractivity contribution is -0.142. The minimum Gasteiger partial charge on any atom is -0.481 e. The van der Waals surface area contributed by atoms with Gasteiger partial charge in [0.25, 0.3) is 0 Å². The molecule has 2 heterocycles. The minimum absolute atomic E-state index is 0.104. The molecule has 1 N–H and O–H groups in total. The van der Waals surface area contributed by atoms with Crippen molar-refractivity contribution in [1.29, 1.82) is 0 Å². The summed E-state index contributed by atoms with van der Waals surface area (Å²) in [6.07, 6.45) is 2.01. The Bertz CT molecular complexity index is 584. The third-order valence-electron chi connectivity index (χ3n) is 3.59. The average Bonchev–Trinajstić information content (AvgIpc) is 2.85. The maximum absolute atomic E-state index is 12.5. The van der Waals surface area contributed by atoms with Gasteiger partial charge in [-0.15, -0.1) is 11.3 Å². The summed E-state index contributed by atoms with van der Waals surface area (Å²) in [6, 6.07) is 7.50. The molecule has 1 aliphatic carbocycles. The third-order valence-corrected chi connectivity index (χ3v) is 4.45. The van der Waals surface area contributed by atoms with E-state index in [1.807, 2.05) is 23.6 Å². The summed E-state index contributed by atoms with van der Waals surface area (Å²) in [7, 11) is 0. The SMILES string of the molecule is O=C(O)[C@H]1C[C@H]1C(=O)N(Cc1ccco1)Cc1cccs1. The first-order chi connectivity index (χ1) is 10.1. The van der Waals surface area contributed by atoms with Crippen molar-refractivity contribution < 1.29 is 19.1 Å². The van der Waals surface area contributed by atoms with Crippen LogP contribution in [0.1, 0.15) is 17.1 Å². The van der Waals surface area contributed by atoms with Gasteiger partial charge in [-0.3, -0.25) is 9.59 Å². The van der Waals surface area contributed by atoms with E-state index >= 15 is 0 Å². The summed E-state index contributed by atoms with van der Waals surface area (Å²) in [5.41, 5.74) is 0. The van der Waals surface area contributed by atoms with Gasteiger partial charge in [-0.05, 0) is 30.0 Å². The molecule has 0 radical (unpaired) electrons. The maximum atomic E-state index is 12.5. The van der Waals surface area contributed by atoms with Gasteiger partial charge < -0.3 is 14.4 Å². The van der Waals surface area contributed by atoms with Gasteiger partial charge in [0.05, 0.1) is 31.2 Å².